The fourth-order valence-corrected chi connectivity index (χ4v) is 2.65. The van der Waals surface area contributed by atoms with Gasteiger partial charge in [0.15, 0.2) is 0 Å². The van der Waals surface area contributed by atoms with Crippen molar-refractivity contribution in [2.45, 2.75) is 67.2 Å². The minimum atomic E-state index is -0.0706. The summed E-state index contributed by atoms with van der Waals surface area (Å²) in [6.45, 7) is 23.3. The number of aromatic nitrogens is 5. The number of hydroxylamine groups is 2. The van der Waals surface area contributed by atoms with Crippen LogP contribution in [0.4, 0.5) is 0 Å². The second-order valence-electron chi connectivity index (χ2n) is 8.66. The third kappa shape index (κ3) is 11.5. The Hall–Kier alpha value is -3.48. The van der Waals surface area contributed by atoms with Crippen LogP contribution in [0.3, 0.4) is 0 Å². The molecule has 35 heavy (non-hydrogen) atoms. The lowest BCUT2D eigenvalue weighted by Crippen LogP contribution is -2.21. The standard InChI is InChI=1S/2C6H10N2O.C5H9N3.C5H8N2OS/c2*1-4(2)6-7-5(3)9-8-6;1-4(2)5-6-3-7-8-5;1-3(2)4-6-5(8)9-7-4/h2*4H,3H2,1-2H3,(H,7,8);3-4H,1-2H3,(H,6,7,8);3H,1-2H3,(H,6,7,8). The third-order valence-electron chi connectivity index (χ3n) is 4.12. The molecule has 2 aliphatic heterocycles. The van der Waals surface area contributed by atoms with E-state index < -0.39 is 0 Å². The van der Waals surface area contributed by atoms with Crippen molar-refractivity contribution in [1.82, 2.24) is 35.5 Å². The average molecular weight is 508 g/mol. The molecule has 2 aromatic rings. The smallest absolute Gasteiger partial charge is 0.323 e. The Labute approximate surface area is 210 Å². The van der Waals surface area contributed by atoms with E-state index >= 15 is 0 Å². The molecule has 0 spiro atoms. The van der Waals surface area contributed by atoms with Crippen LogP contribution in [0.2, 0.25) is 0 Å². The molecule has 0 aliphatic carbocycles. The van der Waals surface area contributed by atoms with Gasteiger partial charge in [-0.25, -0.2) is 15.9 Å². The molecule has 4 rings (SSSR count). The van der Waals surface area contributed by atoms with Crippen molar-refractivity contribution in [3.05, 3.63) is 52.6 Å². The molecule has 0 fully saturated rings. The summed E-state index contributed by atoms with van der Waals surface area (Å²) in [6, 6.07) is 0. The maximum Gasteiger partial charge on any atom is 0.323 e. The predicted molar refractivity (Wildman–Crippen MR) is 139 cm³/mol. The van der Waals surface area contributed by atoms with E-state index in [-0.39, 0.29) is 4.87 Å². The highest BCUT2D eigenvalue weighted by molar-refractivity contribution is 7.02. The summed E-state index contributed by atoms with van der Waals surface area (Å²) in [4.78, 5) is 34.5. The molecule has 0 unspecified atom stereocenters. The largest absolute Gasteiger partial charge is 0.361 e. The molecule has 0 aromatic carbocycles. The van der Waals surface area contributed by atoms with Crippen LogP contribution in [0.15, 0.2) is 46.0 Å². The lowest BCUT2D eigenvalue weighted by molar-refractivity contribution is 0.176. The van der Waals surface area contributed by atoms with Gasteiger partial charge in [0.2, 0.25) is 11.8 Å². The van der Waals surface area contributed by atoms with Crippen LogP contribution in [-0.2, 0) is 9.68 Å². The molecule has 4 heterocycles. The normalized spacial score (nSPS) is 13.9. The summed E-state index contributed by atoms with van der Waals surface area (Å²) in [5.74, 6) is 5.85. The van der Waals surface area contributed by atoms with Crippen LogP contribution in [0.25, 0.3) is 0 Å². The minimum absolute atomic E-state index is 0.0706. The number of hydrogen-bond acceptors (Lipinski definition) is 11. The molecule has 0 amide bonds. The molecule has 12 nitrogen and oxygen atoms in total. The molecule has 194 valence electrons. The van der Waals surface area contributed by atoms with Crippen molar-refractivity contribution in [2.24, 2.45) is 21.8 Å². The summed E-state index contributed by atoms with van der Waals surface area (Å²) in [5.41, 5.74) is 5.31. The fourth-order valence-electron chi connectivity index (χ4n) is 2.06. The van der Waals surface area contributed by atoms with Gasteiger partial charge in [-0.05, 0) is 13.2 Å². The van der Waals surface area contributed by atoms with E-state index in [2.05, 4.69) is 72.5 Å². The number of aromatic amines is 2. The lowest BCUT2D eigenvalue weighted by atomic mass is 10.2. The molecule has 0 atom stereocenters. The first-order valence-electron chi connectivity index (χ1n) is 11.2. The van der Waals surface area contributed by atoms with Crippen molar-refractivity contribution in [2.75, 3.05) is 0 Å². The quantitative estimate of drug-likeness (QED) is 0.484. The van der Waals surface area contributed by atoms with E-state index in [1.165, 1.54) is 6.33 Å². The van der Waals surface area contributed by atoms with Crippen LogP contribution in [0, 0.1) is 11.8 Å². The summed E-state index contributed by atoms with van der Waals surface area (Å²) in [5, 5.41) is 6.48. The topological polar surface area (TPSA) is 155 Å². The molecule has 4 N–H and O–H groups in total. The number of nitrogens with zero attached hydrogens (tertiary/aromatic N) is 5. The molecular formula is C22H37N9O3S. The zero-order valence-corrected chi connectivity index (χ0v) is 22.5. The Kier molecular flexibility index (Phi) is 12.4. The second-order valence-corrected chi connectivity index (χ2v) is 9.40. The molecule has 0 radical (unpaired) electrons. The molecule has 13 heteroatoms. The zero-order valence-electron chi connectivity index (χ0n) is 21.7. The summed E-state index contributed by atoms with van der Waals surface area (Å²) >= 11 is 0.972. The molecule has 0 saturated heterocycles. The van der Waals surface area contributed by atoms with Gasteiger partial charge in [0.1, 0.15) is 29.6 Å². The van der Waals surface area contributed by atoms with E-state index in [4.69, 9.17) is 9.68 Å². The molecule has 0 saturated carbocycles. The number of amidine groups is 2. The van der Waals surface area contributed by atoms with Crippen LogP contribution in [-0.4, -0.2) is 36.2 Å². The van der Waals surface area contributed by atoms with Crippen LogP contribution >= 0.6 is 11.5 Å². The Bertz CT molecular complexity index is 997. The third-order valence-corrected chi connectivity index (χ3v) is 4.67. The summed E-state index contributed by atoms with van der Waals surface area (Å²) < 4.78 is 3.89. The Morgan fingerprint density at radius 1 is 0.800 bits per heavy atom. The van der Waals surface area contributed by atoms with Gasteiger partial charge in [-0.3, -0.25) is 14.9 Å². The minimum Gasteiger partial charge on any atom is -0.361 e. The van der Waals surface area contributed by atoms with Gasteiger partial charge in [-0.1, -0.05) is 55.4 Å². The van der Waals surface area contributed by atoms with E-state index in [0.29, 0.717) is 35.4 Å². The maximum absolute atomic E-state index is 10.5. The van der Waals surface area contributed by atoms with E-state index in [0.717, 1.165) is 34.9 Å². The molecule has 2 aromatic heterocycles. The Balaban J connectivity index is 0.000000234. The van der Waals surface area contributed by atoms with Crippen LogP contribution in [0.5, 0.6) is 0 Å². The lowest BCUT2D eigenvalue weighted by Gasteiger charge is -2.00. The molecule has 0 bridgehead atoms. The predicted octanol–water partition coefficient (Wildman–Crippen LogP) is 3.98. The highest BCUT2D eigenvalue weighted by atomic mass is 32.1. The van der Waals surface area contributed by atoms with Crippen molar-refractivity contribution in [1.29, 1.82) is 0 Å². The van der Waals surface area contributed by atoms with Gasteiger partial charge >= 0.3 is 4.87 Å². The van der Waals surface area contributed by atoms with Crippen LogP contribution in [0.1, 0.15) is 78.9 Å². The maximum atomic E-state index is 10.5. The average Bonchev–Trinajstić information content (AvgIpc) is 3.57. The fraction of sp³-hybridized carbons (Fsp3) is 0.545. The first-order valence-corrected chi connectivity index (χ1v) is 12.0. The van der Waals surface area contributed by atoms with Gasteiger partial charge in [0.25, 0.3) is 0 Å². The highest BCUT2D eigenvalue weighted by Gasteiger charge is 2.13. The van der Waals surface area contributed by atoms with E-state index in [9.17, 15) is 4.79 Å². The zero-order chi connectivity index (χ0) is 26.5. The first kappa shape index (κ1) is 29.6. The number of nitrogens with one attached hydrogen (secondary N) is 4. The highest BCUT2D eigenvalue weighted by Crippen LogP contribution is 2.08. The molecule has 2 aliphatic rings. The van der Waals surface area contributed by atoms with Gasteiger partial charge in [0.05, 0.1) is 0 Å². The number of hydrogen-bond donors (Lipinski definition) is 4. The summed E-state index contributed by atoms with van der Waals surface area (Å²) in [7, 11) is 0. The Morgan fingerprint density at radius 3 is 1.46 bits per heavy atom. The number of rotatable bonds is 4. The Morgan fingerprint density at radius 2 is 1.29 bits per heavy atom. The number of aliphatic imine (C=N–C) groups is 2. The van der Waals surface area contributed by atoms with Crippen molar-refractivity contribution >= 4 is 23.2 Å². The van der Waals surface area contributed by atoms with Crippen molar-refractivity contribution in [3.63, 3.8) is 0 Å². The monoisotopic (exact) mass is 507 g/mol. The van der Waals surface area contributed by atoms with Gasteiger partial charge in [0, 0.05) is 35.2 Å². The summed E-state index contributed by atoms with van der Waals surface area (Å²) in [6.07, 6.45) is 1.52. The van der Waals surface area contributed by atoms with Gasteiger partial charge in [-0.2, -0.15) is 19.5 Å². The van der Waals surface area contributed by atoms with Gasteiger partial charge in [-0.15, -0.1) is 0 Å². The first-order chi connectivity index (χ1) is 16.4. The van der Waals surface area contributed by atoms with Gasteiger partial charge < -0.3 is 9.68 Å². The number of H-pyrrole nitrogens is 2. The molecular weight excluding hydrogens is 470 g/mol. The SMILES string of the molecule is C=C1N=C(C(C)C)NO1.C=C1N=C(C(C)C)NO1.CC(C)c1ncn[nH]1.CC(C)c1nsc(=O)[nH]1. The van der Waals surface area contributed by atoms with Crippen LogP contribution < -0.4 is 15.8 Å². The van der Waals surface area contributed by atoms with E-state index in [1.54, 1.807) is 0 Å². The second kappa shape index (κ2) is 14.7. The van der Waals surface area contributed by atoms with Crippen molar-refractivity contribution in [3.8, 4) is 0 Å². The van der Waals surface area contributed by atoms with Crippen molar-refractivity contribution < 1.29 is 9.68 Å². The van der Waals surface area contributed by atoms with E-state index in [1.807, 2.05) is 41.5 Å².